The number of carbonyl (C=O) groups is 1. The number of ether oxygens (including phenoxy) is 1. The van der Waals surface area contributed by atoms with Crippen molar-refractivity contribution in [2.75, 3.05) is 37.7 Å². The number of thiazole rings is 1. The molecule has 2 aromatic rings. The Morgan fingerprint density at radius 2 is 2.17 bits per heavy atom. The van der Waals surface area contributed by atoms with Crippen molar-refractivity contribution in [3.8, 4) is 0 Å². The quantitative estimate of drug-likeness (QED) is 0.845. The summed E-state index contributed by atoms with van der Waals surface area (Å²) in [4.78, 5) is 21.9. The molecule has 2 aromatic heterocycles. The third kappa shape index (κ3) is 2.80. The zero-order valence-electron chi connectivity index (χ0n) is 13.7. The van der Waals surface area contributed by atoms with Gasteiger partial charge in [-0.3, -0.25) is 9.48 Å². The summed E-state index contributed by atoms with van der Waals surface area (Å²) in [5.41, 5.74) is 1.52. The average molecular weight is 347 g/mol. The highest BCUT2D eigenvalue weighted by molar-refractivity contribution is 7.13. The monoisotopic (exact) mass is 347 g/mol. The van der Waals surface area contributed by atoms with Gasteiger partial charge < -0.3 is 14.5 Å². The molecule has 2 aliphatic rings. The standard InChI is InChI=1S/C16H21N5O2S/c1-19-13(4-5-17-19)15(22)21-8-9-23-10-14(21)12-11-24-16(18-12)20-6-2-3-7-20/h4-5,11,14H,2-3,6-10H2,1H3/t14-/m0/s1. The molecule has 4 heterocycles. The van der Waals surface area contributed by atoms with Gasteiger partial charge in [0.25, 0.3) is 5.91 Å². The van der Waals surface area contributed by atoms with E-state index in [4.69, 9.17) is 9.72 Å². The largest absolute Gasteiger partial charge is 0.377 e. The van der Waals surface area contributed by atoms with E-state index in [0.29, 0.717) is 25.5 Å². The lowest BCUT2D eigenvalue weighted by Crippen LogP contribution is -2.44. The van der Waals surface area contributed by atoms with Gasteiger partial charge in [0.1, 0.15) is 5.69 Å². The SMILES string of the molecule is Cn1nccc1C(=O)N1CCOC[C@H]1c1csc(N2CCCC2)n1. The van der Waals surface area contributed by atoms with Crippen LogP contribution in [0.25, 0.3) is 0 Å². The molecule has 1 amide bonds. The number of aryl methyl sites for hydroxylation is 1. The maximum atomic E-state index is 12.9. The van der Waals surface area contributed by atoms with Crippen molar-refractivity contribution in [2.24, 2.45) is 7.05 Å². The average Bonchev–Trinajstić information content (AvgIpc) is 3.35. The van der Waals surface area contributed by atoms with E-state index in [2.05, 4.69) is 15.4 Å². The normalized spacial score (nSPS) is 21.5. The predicted octanol–water partition coefficient (Wildman–Crippen LogP) is 1.69. The van der Waals surface area contributed by atoms with E-state index in [-0.39, 0.29) is 11.9 Å². The lowest BCUT2D eigenvalue weighted by atomic mass is 10.1. The van der Waals surface area contributed by atoms with Crippen molar-refractivity contribution >= 4 is 22.4 Å². The number of amides is 1. The van der Waals surface area contributed by atoms with E-state index in [9.17, 15) is 4.79 Å². The van der Waals surface area contributed by atoms with E-state index >= 15 is 0 Å². The van der Waals surface area contributed by atoms with E-state index in [1.807, 2.05) is 4.90 Å². The van der Waals surface area contributed by atoms with Crippen molar-refractivity contribution in [2.45, 2.75) is 18.9 Å². The van der Waals surface area contributed by atoms with Crippen LogP contribution in [0.1, 0.15) is 35.1 Å². The molecular formula is C16H21N5O2S. The smallest absolute Gasteiger partial charge is 0.272 e. The first-order valence-corrected chi connectivity index (χ1v) is 9.19. The number of hydrogen-bond acceptors (Lipinski definition) is 6. The highest BCUT2D eigenvalue weighted by Gasteiger charge is 2.32. The molecule has 1 atom stereocenters. The van der Waals surface area contributed by atoms with Crippen LogP contribution in [0, 0.1) is 0 Å². The molecule has 0 bridgehead atoms. The van der Waals surface area contributed by atoms with Gasteiger partial charge in [0.05, 0.1) is 24.9 Å². The molecule has 0 saturated carbocycles. The molecule has 0 aromatic carbocycles. The molecule has 0 aliphatic carbocycles. The third-order valence-corrected chi connectivity index (χ3v) is 5.58. The second-order valence-corrected chi connectivity index (χ2v) is 7.01. The maximum Gasteiger partial charge on any atom is 0.272 e. The summed E-state index contributed by atoms with van der Waals surface area (Å²) in [7, 11) is 1.79. The summed E-state index contributed by atoms with van der Waals surface area (Å²) in [5.74, 6) is -0.0148. The van der Waals surface area contributed by atoms with E-state index in [0.717, 1.165) is 23.9 Å². The Labute approximate surface area is 144 Å². The minimum Gasteiger partial charge on any atom is -0.377 e. The molecule has 24 heavy (non-hydrogen) atoms. The van der Waals surface area contributed by atoms with Gasteiger partial charge in [-0.1, -0.05) is 0 Å². The number of hydrogen-bond donors (Lipinski definition) is 0. The molecule has 128 valence electrons. The second-order valence-electron chi connectivity index (χ2n) is 6.18. The van der Waals surface area contributed by atoms with Crippen LogP contribution in [0.5, 0.6) is 0 Å². The summed E-state index contributed by atoms with van der Waals surface area (Å²) in [6.07, 6.45) is 4.11. The number of nitrogens with zero attached hydrogens (tertiary/aromatic N) is 5. The number of carbonyl (C=O) groups excluding carboxylic acids is 1. The number of morpholine rings is 1. The number of anilines is 1. The fourth-order valence-corrected chi connectivity index (χ4v) is 4.23. The molecule has 2 fully saturated rings. The van der Waals surface area contributed by atoms with Crippen LogP contribution >= 0.6 is 11.3 Å². The Morgan fingerprint density at radius 3 is 2.92 bits per heavy atom. The molecule has 2 aliphatic heterocycles. The lowest BCUT2D eigenvalue weighted by molar-refractivity contribution is -0.00428. The van der Waals surface area contributed by atoms with E-state index in [1.54, 1.807) is 35.3 Å². The van der Waals surface area contributed by atoms with Crippen LogP contribution in [0.4, 0.5) is 5.13 Å². The molecule has 0 spiro atoms. The fourth-order valence-electron chi connectivity index (χ4n) is 3.31. The molecule has 2 saturated heterocycles. The molecule has 0 N–H and O–H groups in total. The van der Waals surface area contributed by atoms with Crippen LogP contribution in [0.3, 0.4) is 0 Å². The summed E-state index contributed by atoms with van der Waals surface area (Å²) >= 11 is 1.66. The van der Waals surface area contributed by atoms with Crippen LogP contribution in [0.15, 0.2) is 17.6 Å². The zero-order valence-corrected chi connectivity index (χ0v) is 14.5. The minimum absolute atomic E-state index is 0.0148. The number of rotatable bonds is 3. The van der Waals surface area contributed by atoms with E-state index in [1.165, 1.54) is 12.8 Å². The van der Waals surface area contributed by atoms with Crippen molar-refractivity contribution in [3.63, 3.8) is 0 Å². The van der Waals surface area contributed by atoms with Crippen molar-refractivity contribution in [3.05, 3.63) is 29.0 Å². The zero-order chi connectivity index (χ0) is 16.5. The summed E-state index contributed by atoms with van der Waals surface area (Å²) in [6, 6.07) is 1.62. The van der Waals surface area contributed by atoms with Gasteiger partial charge in [-0.05, 0) is 18.9 Å². The Morgan fingerprint density at radius 1 is 1.33 bits per heavy atom. The molecule has 4 rings (SSSR count). The molecular weight excluding hydrogens is 326 g/mol. The fraction of sp³-hybridized carbons (Fsp3) is 0.562. The minimum atomic E-state index is -0.131. The molecule has 0 radical (unpaired) electrons. The molecule has 0 unspecified atom stereocenters. The van der Waals surface area contributed by atoms with Crippen LogP contribution in [0.2, 0.25) is 0 Å². The van der Waals surface area contributed by atoms with Crippen molar-refractivity contribution in [1.82, 2.24) is 19.7 Å². The van der Waals surface area contributed by atoms with E-state index < -0.39 is 0 Å². The summed E-state index contributed by atoms with van der Waals surface area (Å²) in [6.45, 7) is 3.78. The molecule has 7 nitrogen and oxygen atoms in total. The Hall–Kier alpha value is -1.93. The summed E-state index contributed by atoms with van der Waals surface area (Å²) in [5, 5.41) is 7.23. The highest BCUT2D eigenvalue weighted by Crippen LogP contribution is 2.31. The Bertz CT molecular complexity index is 722. The van der Waals surface area contributed by atoms with Gasteiger partial charge in [0.2, 0.25) is 0 Å². The first-order chi connectivity index (χ1) is 11.7. The van der Waals surface area contributed by atoms with Crippen molar-refractivity contribution < 1.29 is 9.53 Å². The predicted molar refractivity (Wildman–Crippen MR) is 91.4 cm³/mol. The maximum absolute atomic E-state index is 12.9. The van der Waals surface area contributed by atoms with Gasteiger partial charge >= 0.3 is 0 Å². The van der Waals surface area contributed by atoms with Crippen LogP contribution in [-0.2, 0) is 11.8 Å². The van der Waals surface area contributed by atoms with Gasteiger partial charge in [-0.25, -0.2) is 4.98 Å². The van der Waals surface area contributed by atoms with Gasteiger partial charge in [0.15, 0.2) is 5.13 Å². The first kappa shape index (κ1) is 15.6. The Kier molecular flexibility index (Phi) is 4.24. The first-order valence-electron chi connectivity index (χ1n) is 8.31. The van der Waals surface area contributed by atoms with Gasteiger partial charge in [-0.2, -0.15) is 5.10 Å². The second kappa shape index (κ2) is 6.52. The highest BCUT2D eigenvalue weighted by atomic mass is 32.1. The lowest BCUT2D eigenvalue weighted by Gasteiger charge is -2.34. The van der Waals surface area contributed by atoms with Crippen molar-refractivity contribution in [1.29, 1.82) is 0 Å². The molecule has 8 heteroatoms. The van der Waals surface area contributed by atoms with Crippen LogP contribution < -0.4 is 4.90 Å². The van der Waals surface area contributed by atoms with Gasteiger partial charge in [0, 0.05) is 38.3 Å². The number of aromatic nitrogens is 3. The van der Waals surface area contributed by atoms with Gasteiger partial charge in [-0.15, -0.1) is 11.3 Å². The summed E-state index contributed by atoms with van der Waals surface area (Å²) < 4.78 is 7.25. The Balaban J connectivity index is 1.58. The third-order valence-electron chi connectivity index (χ3n) is 4.66. The van der Waals surface area contributed by atoms with Crippen LogP contribution in [-0.4, -0.2) is 58.4 Å². The topological polar surface area (TPSA) is 63.5 Å².